The molecule has 1 N–H and O–H groups in total. The van der Waals surface area contributed by atoms with Gasteiger partial charge in [-0.3, -0.25) is 0 Å². The molecular weight excluding hydrogens is 343 g/mol. The lowest BCUT2D eigenvalue weighted by molar-refractivity contribution is 0.674. The van der Waals surface area contributed by atoms with Gasteiger partial charge in [-0.15, -0.1) is 11.3 Å². The molecule has 1 unspecified atom stereocenters. The molecule has 0 aliphatic heterocycles. The molecule has 0 amide bonds. The first-order chi connectivity index (χ1) is 8.20. The number of nitrogens with zero attached hydrogens (tertiary/aromatic N) is 1. The second-order valence-electron chi connectivity index (χ2n) is 4.04. The molecule has 1 atom stereocenters. The zero-order valence-corrected chi connectivity index (χ0v) is 12.9. The molecule has 4 heteroatoms. The van der Waals surface area contributed by atoms with Crippen molar-refractivity contribution in [3.8, 4) is 11.3 Å². The van der Waals surface area contributed by atoms with Gasteiger partial charge in [0.05, 0.1) is 10.7 Å². The van der Waals surface area contributed by atoms with E-state index in [4.69, 9.17) is 4.98 Å². The summed E-state index contributed by atoms with van der Waals surface area (Å²) in [5, 5.41) is 6.53. The number of likely N-dealkylation sites (N-methyl/N-ethyl adjacent to an activating group) is 1. The van der Waals surface area contributed by atoms with Crippen LogP contribution in [0.5, 0.6) is 0 Å². The van der Waals surface area contributed by atoms with Crippen LogP contribution in [0.25, 0.3) is 11.3 Å². The SMILES string of the molecule is CNCC(C)c1nc(-c2ccc(I)cc2)cs1. The fourth-order valence-electron chi connectivity index (χ4n) is 1.66. The lowest BCUT2D eigenvalue weighted by Gasteiger charge is -2.05. The molecule has 0 spiro atoms. The van der Waals surface area contributed by atoms with Crippen LogP contribution < -0.4 is 5.32 Å². The van der Waals surface area contributed by atoms with Gasteiger partial charge < -0.3 is 5.32 Å². The Morgan fingerprint density at radius 1 is 1.35 bits per heavy atom. The zero-order valence-electron chi connectivity index (χ0n) is 9.90. The van der Waals surface area contributed by atoms with E-state index in [1.54, 1.807) is 11.3 Å². The Morgan fingerprint density at radius 3 is 2.71 bits per heavy atom. The third-order valence-corrected chi connectivity index (χ3v) is 4.39. The van der Waals surface area contributed by atoms with Crippen molar-refractivity contribution < 1.29 is 0 Å². The first-order valence-corrected chi connectivity index (χ1v) is 7.52. The molecule has 17 heavy (non-hydrogen) atoms. The van der Waals surface area contributed by atoms with Gasteiger partial charge in [0.15, 0.2) is 0 Å². The molecule has 0 aliphatic carbocycles. The Labute approximate surface area is 120 Å². The summed E-state index contributed by atoms with van der Waals surface area (Å²) in [5.74, 6) is 0.475. The summed E-state index contributed by atoms with van der Waals surface area (Å²) in [4.78, 5) is 4.70. The molecule has 0 bridgehead atoms. The fourth-order valence-corrected chi connectivity index (χ4v) is 2.91. The van der Waals surface area contributed by atoms with Crippen LogP contribution in [0.4, 0.5) is 0 Å². The molecule has 0 radical (unpaired) electrons. The predicted molar refractivity (Wildman–Crippen MR) is 82.6 cm³/mol. The second kappa shape index (κ2) is 5.93. The minimum absolute atomic E-state index is 0.475. The number of hydrogen-bond donors (Lipinski definition) is 1. The van der Waals surface area contributed by atoms with Crippen LogP contribution in [0.15, 0.2) is 29.6 Å². The van der Waals surface area contributed by atoms with Gasteiger partial charge in [0, 0.05) is 27.0 Å². The Kier molecular flexibility index (Phi) is 4.53. The van der Waals surface area contributed by atoms with E-state index in [2.05, 4.69) is 64.5 Å². The van der Waals surface area contributed by atoms with Gasteiger partial charge >= 0.3 is 0 Å². The van der Waals surface area contributed by atoms with Crippen molar-refractivity contribution in [2.75, 3.05) is 13.6 Å². The standard InChI is InChI=1S/C13H15IN2S/c1-9(7-15-2)13-16-12(8-17-13)10-3-5-11(14)6-4-10/h3-6,8-9,15H,7H2,1-2H3. The smallest absolute Gasteiger partial charge is 0.0973 e. The largest absolute Gasteiger partial charge is 0.319 e. The maximum absolute atomic E-state index is 4.70. The van der Waals surface area contributed by atoms with E-state index in [9.17, 15) is 0 Å². The van der Waals surface area contributed by atoms with Crippen LogP contribution in [-0.2, 0) is 0 Å². The lowest BCUT2D eigenvalue weighted by Crippen LogP contribution is -2.14. The molecule has 1 aromatic carbocycles. The van der Waals surface area contributed by atoms with E-state index in [-0.39, 0.29) is 0 Å². The van der Waals surface area contributed by atoms with Crippen molar-refractivity contribution in [2.24, 2.45) is 0 Å². The van der Waals surface area contributed by atoms with Crippen molar-refractivity contribution >= 4 is 33.9 Å². The second-order valence-corrected chi connectivity index (χ2v) is 6.17. The van der Waals surface area contributed by atoms with E-state index in [1.165, 1.54) is 14.1 Å². The van der Waals surface area contributed by atoms with E-state index < -0.39 is 0 Å². The quantitative estimate of drug-likeness (QED) is 0.843. The number of rotatable bonds is 4. The molecule has 2 rings (SSSR count). The maximum Gasteiger partial charge on any atom is 0.0973 e. The lowest BCUT2D eigenvalue weighted by atomic mass is 10.1. The van der Waals surface area contributed by atoms with E-state index >= 15 is 0 Å². The minimum atomic E-state index is 0.475. The molecular formula is C13H15IN2S. The summed E-state index contributed by atoms with van der Waals surface area (Å²) < 4.78 is 1.25. The van der Waals surface area contributed by atoms with Crippen LogP contribution in [-0.4, -0.2) is 18.6 Å². The first kappa shape index (κ1) is 13.0. The predicted octanol–water partition coefficient (Wildman–Crippen LogP) is 3.74. The van der Waals surface area contributed by atoms with Gasteiger partial charge in [0.25, 0.3) is 0 Å². The summed E-state index contributed by atoms with van der Waals surface area (Å²) in [7, 11) is 1.98. The number of aromatic nitrogens is 1. The molecule has 0 saturated heterocycles. The number of thiazole rings is 1. The third kappa shape index (κ3) is 3.26. The fraction of sp³-hybridized carbons (Fsp3) is 0.308. The van der Waals surface area contributed by atoms with Gasteiger partial charge in [0.2, 0.25) is 0 Å². The highest BCUT2D eigenvalue weighted by atomic mass is 127. The highest BCUT2D eigenvalue weighted by Crippen LogP contribution is 2.26. The van der Waals surface area contributed by atoms with Crippen LogP contribution in [0.3, 0.4) is 0 Å². The Bertz CT molecular complexity index is 478. The molecule has 0 saturated carbocycles. The monoisotopic (exact) mass is 358 g/mol. The number of benzene rings is 1. The molecule has 0 aliphatic rings. The van der Waals surface area contributed by atoms with Crippen molar-refractivity contribution in [3.63, 3.8) is 0 Å². The highest BCUT2D eigenvalue weighted by Gasteiger charge is 2.10. The van der Waals surface area contributed by atoms with Crippen LogP contribution >= 0.6 is 33.9 Å². The average molecular weight is 358 g/mol. The normalized spacial score (nSPS) is 12.6. The van der Waals surface area contributed by atoms with Crippen molar-refractivity contribution in [2.45, 2.75) is 12.8 Å². The number of hydrogen-bond acceptors (Lipinski definition) is 3. The van der Waals surface area contributed by atoms with Gasteiger partial charge in [0.1, 0.15) is 0 Å². The Morgan fingerprint density at radius 2 is 2.06 bits per heavy atom. The molecule has 1 aromatic heterocycles. The van der Waals surface area contributed by atoms with Crippen molar-refractivity contribution in [1.29, 1.82) is 0 Å². The van der Waals surface area contributed by atoms with Crippen LogP contribution in [0.1, 0.15) is 17.8 Å². The molecule has 0 fully saturated rings. The zero-order chi connectivity index (χ0) is 12.3. The number of halogens is 1. The number of nitrogens with one attached hydrogen (secondary N) is 1. The van der Waals surface area contributed by atoms with Gasteiger partial charge in [-0.05, 0) is 41.8 Å². The van der Waals surface area contributed by atoms with Gasteiger partial charge in [-0.1, -0.05) is 19.1 Å². The van der Waals surface area contributed by atoms with Gasteiger partial charge in [-0.25, -0.2) is 4.98 Å². The average Bonchev–Trinajstić information content (AvgIpc) is 2.80. The maximum atomic E-state index is 4.70. The summed E-state index contributed by atoms with van der Waals surface area (Å²) in [5.41, 5.74) is 2.29. The molecule has 2 aromatic rings. The van der Waals surface area contributed by atoms with Crippen LogP contribution in [0.2, 0.25) is 0 Å². The topological polar surface area (TPSA) is 24.9 Å². The van der Waals surface area contributed by atoms with Crippen molar-refractivity contribution in [1.82, 2.24) is 10.3 Å². The van der Waals surface area contributed by atoms with E-state index in [0.717, 1.165) is 12.2 Å². The molecule has 2 nitrogen and oxygen atoms in total. The Balaban J connectivity index is 2.20. The minimum Gasteiger partial charge on any atom is -0.319 e. The summed E-state index contributed by atoms with van der Waals surface area (Å²) in [6, 6.07) is 8.49. The van der Waals surface area contributed by atoms with Crippen LogP contribution in [0, 0.1) is 3.57 Å². The summed E-state index contributed by atoms with van der Waals surface area (Å²) in [6.45, 7) is 3.17. The molecule has 1 heterocycles. The third-order valence-electron chi connectivity index (χ3n) is 2.59. The van der Waals surface area contributed by atoms with Gasteiger partial charge in [-0.2, -0.15) is 0 Å². The molecule has 90 valence electrons. The highest BCUT2D eigenvalue weighted by molar-refractivity contribution is 14.1. The summed E-state index contributed by atoms with van der Waals surface area (Å²) >= 11 is 4.06. The summed E-state index contributed by atoms with van der Waals surface area (Å²) in [6.07, 6.45) is 0. The van der Waals surface area contributed by atoms with E-state index in [0.29, 0.717) is 5.92 Å². The van der Waals surface area contributed by atoms with Crippen molar-refractivity contribution in [3.05, 3.63) is 38.2 Å². The first-order valence-electron chi connectivity index (χ1n) is 5.56. The Hall–Kier alpha value is -0.460. The van der Waals surface area contributed by atoms with E-state index in [1.807, 2.05) is 7.05 Å².